The molecule has 0 spiro atoms. The molecule has 1 N–H and O–H groups in total. The zero-order chi connectivity index (χ0) is 15.9. The van der Waals surface area contributed by atoms with Crippen LogP contribution in [-0.2, 0) is 11.3 Å². The van der Waals surface area contributed by atoms with Crippen LogP contribution >= 0.6 is 11.6 Å². The van der Waals surface area contributed by atoms with Gasteiger partial charge in [0.2, 0.25) is 5.91 Å². The average Bonchev–Trinajstić information content (AvgIpc) is 2.55. The summed E-state index contributed by atoms with van der Waals surface area (Å²) in [6, 6.07) is 15.0. The third-order valence-electron chi connectivity index (χ3n) is 3.33. The zero-order valence-corrected chi connectivity index (χ0v) is 12.7. The van der Waals surface area contributed by atoms with Crippen LogP contribution in [0.5, 0.6) is 0 Å². The number of nitrogens with zero attached hydrogens (tertiary/aromatic N) is 1. The maximum Gasteiger partial charge on any atom is 0.237 e. The van der Waals surface area contributed by atoms with E-state index < -0.39 is 6.10 Å². The summed E-state index contributed by atoms with van der Waals surface area (Å²) in [4.78, 5) is 13.5. The van der Waals surface area contributed by atoms with Crippen molar-refractivity contribution >= 4 is 17.5 Å². The predicted octanol–water partition coefficient (Wildman–Crippen LogP) is 3.13. The molecule has 0 heterocycles. The van der Waals surface area contributed by atoms with Crippen molar-refractivity contribution in [3.05, 3.63) is 71.5 Å². The number of rotatable bonds is 6. The first-order chi connectivity index (χ1) is 10.6. The van der Waals surface area contributed by atoms with Gasteiger partial charge in [-0.25, -0.2) is 4.39 Å². The largest absolute Gasteiger partial charge is 0.387 e. The number of aliphatic hydroxyl groups excluding tert-OH is 1. The van der Waals surface area contributed by atoms with Crippen LogP contribution < -0.4 is 0 Å². The van der Waals surface area contributed by atoms with Crippen molar-refractivity contribution in [3.8, 4) is 0 Å². The number of carbonyl (C=O) groups excluding carboxylic acids is 1. The maximum absolute atomic E-state index is 12.9. The molecule has 2 rings (SSSR count). The van der Waals surface area contributed by atoms with Crippen LogP contribution in [0.4, 0.5) is 4.39 Å². The molecule has 3 nitrogen and oxygen atoms in total. The highest BCUT2D eigenvalue weighted by Crippen LogP contribution is 2.17. The third kappa shape index (κ3) is 4.55. The molecule has 22 heavy (non-hydrogen) atoms. The number of alkyl halides is 1. The molecule has 1 atom stereocenters. The Morgan fingerprint density at radius 1 is 1.14 bits per heavy atom. The number of halogens is 2. The topological polar surface area (TPSA) is 40.5 Å². The normalized spacial score (nSPS) is 12.0. The molecule has 0 aliphatic carbocycles. The molecule has 0 saturated carbocycles. The van der Waals surface area contributed by atoms with Gasteiger partial charge in [0.05, 0.1) is 12.6 Å². The molecule has 0 aliphatic heterocycles. The standard InChI is InChI=1S/C17H17ClFNO2/c18-10-17(22)20(11-13-4-2-1-3-5-13)12-16(21)14-6-8-15(19)9-7-14/h1-9,16,21H,10-12H2/t16-/m1/s1. The fourth-order valence-corrected chi connectivity index (χ4v) is 2.31. The van der Waals surface area contributed by atoms with Crippen LogP contribution in [0.15, 0.2) is 54.6 Å². The van der Waals surface area contributed by atoms with Gasteiger partial charge in [-0.3, -0.25) is 4.79 Å². The van der Waals surface area contributed by atoms with E-state index in [9.17, 15) is 14.3 Å². The first-order valence-corrected chi connectivity index (χ1v) is 7.45. The SMILES string of the molecule is O=C(CCl)N(Cc1ccccc1)C[C@@H](O)c1ccc(F)cc1. The molecule has 0 fully saturated rings. The van der Waals surface area contributed by atoms with Crippen LogP contribution in [0.25, 0.3) is 0 Å². The average molecular weight is 322 g/mol. The van der Waals surface area contributed by atoms with Crippen molar-refractivity contribution < 1.29 is 14.3 Å². The summed E-state index contributed by atoms with van der Waals surface area (Å²) in [5.41, 5.74) is 1.51. The van der Waals surface area contributed by atoms with Gasteiger partial charge in [0, 0.05) is 6.54 Å². The minimum Gasteiger partial charge on any atom is -0.387 e. The molecule has 116 valence electrons. The molecule has 2 aromatic carbocycles. The summed E-state index contributed by atoms with van der Waals surface area (Å²) in [6.45, 7) is 0.469. The Hall–Kier alpha value is -1.91. The molecule has 2 aromatic rings. The highest BCUT2D eigenvalue weighted by molar-refractivity contribution is 6.27. The van der Waals surface area contributed by atoms with Crippen LogP contribution in [0.3, 0.4) is 0 Å². The van der Waals surface area contributed by atoms with Crippen LogP contribution in [0.1, 0.15) is 17.2 Å². The second-order valence-corrected chi connectivity index (χ2v) is 5.23. The smallest absolute Gasteiger partial charge is 0.237 e. The minimum absolute atomic E-state index is 0.103. The second-order valence-electron chi connectivity index (χ2n) is 4.96. The van der Waals surface area contributed by atoms with E-state index in [2.05, 4.69) is 0 Å². The lowest BCUT2D eigenvalue weighted by molar-refractivity contribution is -0.130. The van der Waals surface area contributed by atoms with Gasteiger partial charge in [0.1, 0.15) is 11.7 Å². The van der Waals surface area contributed by atoms with Crippen LogP contribution in [0.2, 0.25) is 0 Å². The number of carbonyl (C=O) groups is 1. The van der Waals surface area contributed by atoms with E-state index in [0.717, 1.165) is 5.56 Å². The third-order valence-corrected chi connectivity index (χ3v) is 3.56. The van der Waals surface area contributed by atoms with Crippen molar-refractivity contribution in [2.75, 3.05) is 12.4 Å². The Morgan fingerprint density at radius 2 is 1.77 bits per heavy atom. The predicted molar refractivity (Wildman–Crippen MR) is 83.9 cm³/mol. The van der Waals surface area contributed by atoms with Crippen LogP contribution in [0, 0.1) is 5.82 Å². The van der Waals surface area contributed by atoms with Crippen molar-refractivity contribution in [1.82, 2.24) is 4.90 Å². The van der Waals surface area contributed by atoms with Crippen LogP contribution in [-0.4, -0.2) is 28.3 Å². The molecule has 0 radical (unpaired) electrons. The quantitative estimate of drug-likeness (QED) is 0.830. The summed E-state index contributed by atoms with van der Waals surface area (Å²) >= 11 is 5.64. The monoisotopic (exact) mass is 321 g/mol. The lowest BCUT2D eigenvalue weighted by Gasteiger charge is -2.25. The van der Waals surface area contributed by atoms with Crippen molar-refractivity contribution in [1.29, 1.82) is 0 Å². The van der Waals surface area contributed by atoms with Gasteiger partial charge < -0.3 is 10.0 Å². The first-order valence-electron chi connectivity index (χ1n) is 6.91. The van der Waals surface area contributed by atoms with Gasteiger partial charge in [-0.2, -0.15) is 0 Å². The van der Waals surface area contributed by atoms with Crippen molar-refractivity contribution in [2.45, 2.75) is 12.6 Å². The maximum atomic E-state index is 12.9. The highest BCUT2D eigenvalue weighted by Gasteiger charge is 2.18. The lowest BCUT2D eigenvalue weighted by Crippen LogP contribution is -2.35. The number of amides is 1. The van der Waals surface area contributed by atoms with E-state index in [4.69, 9.17) is 11.6 Å². The molecule has 0 aromatic heterocycles. The van der Waals surface area contributed by atoms with Gasteiger partial charge in [0.15, 0.2) is 0 Å². The minimum atomic E-state index is -0.892. The first kappa shape index (κ1) is 16.5. The summed E-state index contributed by atoms with van der Waals surface area (Å²) < 4.78 is 12.9. The lowest BCUT2D eigenvalue weighted by atomic mass is 10.1. The number of hydrogen-bond acceptors (Lipinski definition) is 2. The summed E-state index contributed by atoms with van der Waals surface area (Å²) in [7, 11) is 0. The van der Waals surface area contributed by atoms with E-state index in [1.807, 2.05) is 30.3 Å². The Bertz CT molecular complexity index is 604. The highest BCUT2D eigenvalue weighted by atomic mass is 35.5. The van der Waals surface area contributed by atoms with E-state index in [1.165, 1.54) is 29.2 Å². The molecule has 1 amide bonds. The second kappa shape index (κ2) is 7.92. The molecule has 0 aliphatic rings. The molecule has 0 bridgehead atoms. The zero-order valence-electron chi connectivity index (χ0n) is 12.0. The molecular weight excluding hydrogens is 305 g/mol. The van der Waals surface area contributed by atoms with E-state index >= 15 is 0 Å². The van der Waals surface area contributed by atoms with Gasteiger partial charge >= 0.3 is 0 Å². The Kier molecular flexibility index (Phi) is 5.92. The summed E-state index contributed by atoms with van der Waals surface area (Å²) in [6.07, 6.45) is -0.892. The Balaban J connectivity index is 2.09. The number of hydrogen-bond donors (Lipinski definition) is 1. The van der Waals surface area contributed by atoms with E-state index in [0.29, 0.717) is 12.1 Å². The van der Waals surface area contributed by atoms with Gasteiger partial charge in [-0.05, 0) is 23.3 Å². The van der Waals surface area contributed by atoms with Gasteiger partial charge in [-0.15, -0.1) is 11.6 Å². The van der Waals surface area contributed by atoms with E-state index in [1.54, 1.807) is 0 Å². The van der Waals surface area contributed by atoms with Crippen molar-refractivity contribution in [3.63, 3.8) is 0 Å². The number of aliphatic hydroxyl groups is 1. The Morgan fingerprint density at radius 3 is 2.36 bits per heavy atom. The molecule has 0 saturated heterocycles. The number of benzene rings is 2. The van der Waals surface area contributed by atoms with Crippen molar-refractivity contribution in [2.24, 2.45) is 0 Å². The van der Waals surface area contributed by atoms with Gasteiger partial charge in [0.25, 0.3) is 0 Å². The molecule has 0 unspecified atom stereocenters. The summed E-state index contributed by atoms with van der Waals surface area (Å²) in [5.74, 6) is -0.774. The molecule has 5 heteroatoms. The summed E-state index contributed by atoms with van der Waals surface area (Å²) in [5, 5.41) is 10.2. The van der Waals surface area contributed by atoms with Gasteiger partial charge in [-0.1, -0.05) is 42.5 Å². The van der Waals surface area contributed by atoms with E-state index in [-0.39, 0.29) is 24.1 Å². The Labute approximate surface area is 133 Å². The fourth-order valence-electron chi connectivity index (χ4n) is 2.14. The molecular formula is C17H17ClFNO2. The fraction of sp³-hybridized carbons (Fsp3) is 0.235.